The van der Waals surface area contributed by atoms with Gasteiger partial charge in [0.2, 0.25) is 0 Å². The van der Waals surface area contributed by atoms with Crippen LogP contribution in [0.3, 0.4) is 0 Å². The molecule has 0 atom stereocenters. The maximum Gasteiger partial charge on any atom is 0.191 e. The molecule has 0 amide bonds. The monoisotopic (exact) mass is 400 g/mol. The van der Waals surface area contributed by atoms with E-state index in [2.05, 4.69) is 32.6 Å². The molecule has 0 bridgehead atoms. The number of hydrogen-bond donors (Lipinski definition) is 2. The third-order valence-electron chi connectivity index (χ3n) is 4.08. The molecule has 0 aliphatic carbocycles. The number of thiazole rings is 1. The Labute approximate surface area is 168 Å². The second kappa shape index (κ2) is 9.98. The lowest BCUT2D eigenvalue weighted by Gasteiger charge is -2.10. The largest absolute Gasteiger partial charge is 0.357 e. The molecule has 2 N–H and O–H groups in total. The third kappa shape index (κ3) is 5.63. The maximum absolute atomic E-state index is 13.0. The zero-order valence-electron chi connectivity index (χ0n) is 16.2. The van der Waals surface area contributed by atoms with Crippen molar-refractivity contribution in [1.82, 2.24) is 25.4 Å². The number of benzene rings is 1. The highest BCUT2D eigenvalue weighted by Gasteiger charge is 2.04. The average Bonchev–Trinajstić information content (AvgIpc) is 3.36. The first-order chi connectivity index (χ1) is 13.7. The van der Waals surface area contributed by atoms with E-state index in [1.54, 1.807) is 28.2 Å². The molecule has 0 aliphatic heterocycles. The van der Waals surface area contributed by atoms with Gasteiger partial charge >= 0.3 is 0 Å². The number of nitrogens with zero attached hydrogens (tertiary/aromatic N) is 4. The van der Waals surface area contributed by atoms with Crippen molar-refractivity contribution in [2.45, 2.75) is 33.2 Å². The number of hydrogen-bond acceptors (Lipinski definition) is 4. The molecule has 2 heterocycles. The Bertz CT molecular complexity index is 900. The summed E-state index contributed by atoms with van der Waals surface area (Å²) in [6.45, 7) is 6.25. The van der Waals surface area contributed by atoms with Crippen LogP contribution < -0.4 is 10.6 Å². The molecule has 6 nitrogen and oxygen atoms in total. The Balaban J connectivity index is 1.52. The molecule has 0 unspecified atom stereocenters. The fourth-order valence-corrected chi connectivity index (χ4v) is 3.40. The van der Waals surface area contributed by atoms with Gasteiger partial charge in [-0.25, -0.2) is 19.0 Å². The van der Waals surface area contributed by atoms with Gasteiger partial charge in [0, 0.05) is 36.8 Å². The minimum atomic E-state index is -0.251. The standard InChI is InChI=1S/C20H25FN6S/c1-3-18-13-24-19(28-18)14-25-20(22-4-2)23-11-9-16-10-12-27(26-16)17-7-5-15(21)6-8-17/h5-8,10,12-13H,3-4,9,11,14H2,1-2H3,(H2,22,23,25). The number of rotatable bonds is 8. The van der Waals surface area contributed by atoms with E-state index in [0.29, 0.717) is 13.1 Å². The first-order valence-corrected chi connectivity index (χ1v) is 10.3. The van der Waals surface area contributed by atoms with E-state index in [0.717, 1.165) is 41.7 Å². The van der Waals surface area contributed by atoms with Crippen molar-refractivity contribution < 1.29 is 4.39 Å². The van der Waals surface area contributed by atoms with Gasteiger partial charge in [-0.2, -0.15) is 5.10 Å². The minimum Gasteiger partial charge on any atom is -0.357 e. The molecule has 3 aromatic rings. The Hall–Kier alpha value is -2.74. The number of aromatic nitrogens is 3. The molecule has 8 heteroatoms. The third-order valence-corrected chi connectivity index (χ3v) is 5.20. The molecule has 0 fully saturated rings. The number of aryl methyl sites for hydroxylation is 1. The number of halogens is 1. The lowest BCUT2D eigenvalue weighted by atomic mass is 10.3. The van der Waals surface area contributed by atoms with Gasteiger partial charge in [0.25, 0.3) is 0 Å². The second-order valence-electron chi connectivity index (χ2n) is 6.17. The molecule has 0 saturated heterocycles. The molecular weight excluding hydrogens is 375 g/mol. The summed E-state index contributed by atoms with van der Waals surface area (Å²) in [4.78, 5) is 10.3. The molecular formula is C20H25FN6S. The van der Waals surface area contributed by atoms with E-state index in [1.807, 2.05) is 25.4 Å². The predicted molar refractivity (Wildman–Crippen MR) is 112 cm³/mol. The first-order valence-electron chi connectivity index (χ1n) is 9.44. The van der Waals surface area contributed by atoms with Crippen LogP contribution in [-0.2, 0) is 19.4 Å². The molecule has 0 spiro atoms. The average molecular weight is 401 g/mol. The topological polar surface area (TPSA) is 67.1 Å². The predicted octanol–water partition coefficient (Wildman–Crippen LogP) is 3.33. The fraction of sp³-hybridized carbons (Fsp3) is 0.350. The second-order valence-corrected chi connectivity index (χ2v) is 7.37. The Morgan fingerprint density at radius 1 is 1.18 bits per heavy atom. The zero-order valence-corrected chi connectivity index (χ0v) is 17.0. The lowest BCUT2D eigenvalue weighted by Crippen LogP contribution is -2.38. The molecule has 3 rings (SSSR count). The van der Waals surface area contributed by atoms with Gasteiger partial charge < -0.3 is 10.6 Å². The number of nitrogens with one attached hydrogen (secondary N) is 2. The SMILES string of the molecule is CCNC(=NCc1ncc(CC)s1)NCCc1ccn(-c2ccc(F)cc2)n1. The van der Waals surface area contributed by atoms with Crippen LogP contribution in [0.1, 0.15) is 29.4 Å². The van der Waals surface area contributed by atoms with Crippen molar-refractivity contribution in [1.29, 1.82) is 0 Å². The molecule has 0 radical (unpaired) electrons. The zero-order chi connectivity index (χ0) is 19.8. The fourth-order valence-electron chi connectivity index (χ4n) is 2.61. The summed E-state index contributed by atoms with van der Waals surface area (Å²) in [6, 6.07) is 8.26. The van der Waals surface area contributed by atoms with E-state index in [-0.39, 0.29) is 5.82 Å². The highest BCUT2D eigenvalue weighted by molar-refractivity contribution is 7.11. The highest BCUT2D eigenvalue weighted by Crippen LogP contribution is 2.14. The normalized spacial score (nSPS) is 11.6. The molecule has 1 aromatic carbocycles. The van der Waals surface area contributed by atoms with Crippen LogP contribution in [-0.4, -0.2) is 33.8 Å². The van der Waals surface area contributed by atoms with E-state index >= 15 is 0 Å². The van der Waals surface area contributed by atoms with Crippen LogP contribution in [0.5, 0.6) is 0 Å². The summed E-state index contributed by atoms with van der Waals surface area (Å²) >= 11 is 1.71. The van der Waals surface area contributed by atoms with Crippen molar-refractivity contribution in [3.63, 3.8) is 0 Å². The van der Waals surface area contributed by atoms with Crippen LogP contribution in [0, 0.1) is 5.82 Å². The van der Waals surface area contributed by atoms with Crippen LogP contribution in [0.25, 0.3) is 5.69 Å². The number of aliphatic imine (C=N–C) groups is 1. The summed E-state index contributed by atoms with van der Waals surface area (Å²) in [7, 11) is 0. The van der Waals surface area contributed by atoms with Crippen molar-refractivity contribution in [3.05, 3.63) is 64.1 Å². The van der Waals surface area contributed by atoms with Crippen LogP contribution in [0.2, 0.25) is 0 Å². The van der Waals surface area contributed by atoms with Crippen LogP contribution in [0.15, 0.2) is 47.7 Å². The van der Waals surface area contributed by atoms with Gasteiger partial charge in [-0.15, -0.1) is 11.3 Å². The van der Waals surface area contributed by atoms with Crippen molar-refractivity contribution in [2.24, 2.45) is 4.99 Å². The highest BCUT2D eigenvalue weighted by atomic mass is 32.1. The summed E-state index contributed by atoms with van der Waals surface area (Å²) < 4.78 is 14.8. The Morgan fingerprint density at radius 2 is 2.00 bits per heavy atom. The van der Waals surface area contributed by atoms with Crippen molar-refractivity contribution in [3.8, 4) is 5.69 Å². The first kappa shape index (κ1) is 20.0. The molecule has 0 saturated carbocycles. The van der Waals surface area contributed by atoms with Crippen LogP contribution >= 0.6 is 11.3 Å². The van der Waals surface area contributed by atoms with E-state index in [9.17, 15) is 4.39 Å². The molecule has 2 aromatic heterocycles. The minimum absolute atomic E-state index is 0.251. The Morgan fingerprint density at radius 3 is 2.71 bits per heavy atom. The molecule has 0 aliphatic rings. The maximum atomic E-state index is 13.0. The summed E-state index contributed by atoms with van der Waals surface area (Å²) in [5.74, 6) is 0.521. The van der Waals surface area contributed by atoms with Gasteiger partial charge in [0.1, 0.15) is 10.8 Å². The quantitative estimate of drug-likeness (QED) is 0.450. The summed E-state index contributed by atoms with van der Waals surface area (Å²) in [6.07, 6.45) is 5.57. The van der Waals surface area contributed by atoms with Gasteiger partial charge in [-0.05, 0) is 43.7 Å². The lowest BCUT2D eigenvalue weighted by molar-refractivity contribution is 0.627. The number of guanidine groups is 1. The molecule has 28 heavy (non-hydrogen) atoms. The van der Waals surface area contributed by atoms with Gasteiger partial charge in [0.15, 0.2) is 5.96 Å². The van der Waals surface area contributed by atoms with Crippen molar-refractivity contribution >= 4 is 17.3 Å². The van der Waals surface area contributed by atoms with Gasteiger partial charge in [-0.3, -0.25) is 0 Å². The Kier molecular flexibility index (Phi) is 7.13. The van der Waals surface area contributed by atoms with Crippen molar-refractivity contribution in [2.75, 3.05) is 13.1 Å². The van der Waals surface area contributed by atoms with Crippen LogP contribution in [0.4, 0.5) is 4.39 Å². The smallest absolute Gasteiger partial charge is 0.191 e. The van der Waals surface area contributed by atoms with Gasteiger partial charge in [-0.1, -0.05) is 6.92 Å². The van der Waals surface area contributed by atoms with Gasteiger partial charge in [0.05, 0.1) is 17.9 Å². The van der Waals surface area contributed by atoms with E-state index < -0.39 is 0 Å². The van der Waals surface area contributed by atoms with E-state index in [1.165, 1.54) is 17.0 Å². The summed E-state index contributed by atoms with van der Waals surface area (Å²) in [5.41, 5.74) is 1.80. The van der Waals surface area contributed by atoms with E-state index in [4.69, 9.17) is 0 Å². The summed E-state index contributed by atoms with van der Waals surface area (Å²) in [5, 5.41) is 12.1. The molecule has 148 valence electrons.